The molecule has 0 spiro atoms. The molecule has 10 rings (SSSR count). The molecule has 8 bridgehead atoms. The molecule has 8 aliphatic carbocycles. The van der Waals surface area contributed by atoms with Crippen LogP contribution in [0, 0.1) is 47.3 Å². The van der Waals surface area contributed by atoms with Gasteiger partial charge in [0.15, 0.2) is 0 Å². The molecule has 0 amide bonds. The SMILES string of the molecule is O=P([O-])([O-])Oc1cccc(C(OCCOC(=C2C3CC4CC(C3)CC2C4)c2cccc(OP(=O)(O)O)c2)=C2C3CC4CC(C3)CC2C4)c1.[Na+].[Na+].[Na+].[Na+]. The molecule has 258 valence electrons. The van der Waals surface area contributed by atoms with E-state index in [2.05, 4.69) is 0 Å². The van der Waals surface area contributed by atoms with Gasteiger partial charge in [0.05, 0.1) is 0 Å². The summed E-state index contributed by atoms with van der Waals surface area (Å²) in [4.78, 5) is 41.8. The summed E-state index contributed by atoms with van der Waals surface area (Å²) in [5, 5.41) is 0. The summed E-state index contributed by atoms with van der Waals surface area (Å²) in [6.45, 7) is 0.465. The molecular formula is C36H42Na4O10P2+2. The number of hydrogen-bond acceptors (Lipinski definition) is 8. The van der Waals surface area contributed by atoms with E-state index in [-0.39, 0.29) is 143 Å². The molecule has 2 N–H and O–H groups in total. The van der Waals surface area contributed by atoms with Crippen molar-refractivity contribution in [1.82, 2.24) is 0 Å². The van der Waals surface area contributed by atoms with E-state index < -0.39 is 15.6 Å². The number of benzene rings is 2. The van der Waals surface area contributed by atoms with E-state index in [4.69, 9.17) is 18.5 Å². The van der Waals surface area contributed by atoms with Crippen LogP contribution in [0.2, 0.25) is 0 Å². The maximum absolute atomic E-state index is 11.6. The van der Waals surface area contributed by atoms with Crippen molar-refractivity contribution < 1.29 is 165 Å². The van der Waals surface area contributed by atoms with Gasteiger partial charge in [-0.3, -0.25) is 9.79 Å². The molecule has 0 saturated heterocycles. The molecule has 16 heteroatoms. The molecule has 8 fully saturated rings. The first kappa shape index (κ1) is 46.1. The van der Waals surface area contributed by atoms with Crippen LogP contribution in [-0.2, 0) is 18.6 Å². The number of allylic oxidation sites excluding steroid dienone is 2. The summed E-state index contributed by atoms with van der Waals surface area (Å²) < 4.78 is 46.1. The largest absolute Gasteiger partial charge is 1.00 e. The average molecular weight is 789 g/mol. The van der Waals surface area contributed by atoms with Gasteiger partial charge in [-0.2, -0.15) is 0 Å². The van der Waals surface area contributed by atoms with Crippen LogP contribution >= 0.6 is 15.6 Å². The van der Waals surface area contributed by atoms with Crippen molar-refractivity contribution in [3.63, 3.8) is 0 Å². The average Bonchev–Trinajstić information content (AvgIpc) is 2.98. The van der Waals surface area contributed by atoms with Gasteiger partial charge in [0.25, 0.3) is 0 Å². The second-order valence-electron chi connectivity index (χ2n) is 15.1. The smallest absolute Gasteiger partial charge is 0.780 e. The van der Waals surface area contributed by atoms with Crippen LogP contribution in [0.25, 0.3) is 11.5 Å². The van der Waals surface area contributed by atoms with Crippen LogP contribution < -0.4 is 137 Å². The van der Waals surface area contributed by atoms with Crippen molar-refractivity contribution in [3.8, 4) is 11.5 Å². The topological polar surface area (TPSA) is 158 Å². The molecular weight excluding hydrogens is 746 g/mol. The quantitative estimate of drug-likeness (QED) is 0.0975. The van der Waals surface area contributed by atoms with Crippen LogP contribution in [0.4, 0.5) is 0 Å². The summed E-state index contributed by atoms with van der Waals surface area (Å²) in [7, 11) is -9.97. The Hall–Kier alpha value is 1.42. The fourth-order valence-electron chi connectivity index (χ4n) is 10.7. The maximum atomic E-state index is 11.6. The zero-order valence-electron chi connectivity index (χ0n) is 30.8. The van der Waals surface area contributed by atoms with Crippen molar-refractivity contribution in [1.29, 1.82) is 0 Å². The van der Waals surface area contributed by atoms with E-state index in [1.807, 2.05) is 12.1 Å². The fraction of sp³-hybridized carbons (Fsp3) is 0.556. The molecule has 0 atom stereocenters. The van der Waals surface area contributed by atoms with Crippen LogP contribution in [0.1, 0.15) is 75.3 Å². The van der Waals surface area contributed by atoms with Gasteiger partial charge in [-0.1, -0.05) is 24.3 Å². The van der Waals surface area contributed by atoms with Crippen molar-refractivity contribution in [2.24, 2.45) is 47.3 Å². The van der Waals surface area contributed by atoms with Crippen LogP contribution in [-0.4, -0.2) is 23.0 Å². The maximum Gasteiger partial charge on any atom is 1.00 e. The number of hydrogen-bond donors (Lipinski definition) is 2. The Bertz CT molecular complexity index is 1560. The summed E-state index contributed by atoms with van der Waals surface area (Å²) >= 11 is 0. The minimum Gasteiger partial charge on any atom is -0.780 e. The van der Waals surface area contributed by atoms with Crippen LogP contribution in [0.3, 0.4) is 0 Å². The van der Waals surface area contributed by atoms with Crippen molar-refractivity contribution in [3.05, 3.63) is 70.8 Å². The third-order valence-corrected chi connectivity index (χ3v) is 12.7. The van der Waals surface area contributed by atoms with E-state index in [0.717, 1.165) is 92.1 Å². The van der Waals surface area contributed by atoms with Gasteiger partial charge in [-0.05, 0) is 147 Å². The second-order valence-corrected chi connectivity index (χ2v) is 17.3. The van der Waals surface area contributed by atoms with Crippen molar-refractivity contribution in [2.45, 2.75) is 64.2 Å². The van der Waals surface area contributed by atoms with Gasteiger partial charge in [0.2, 0.25) is 0 Å². The Morgan fingerprint density at radius 3 is 1.25 bits per heavy atom. The minimum absolute atomic E-state index is 0. The second kappa shape index (κ2) is 19.0. The molecule has 0 aliphatic heterocycles. The third kappa shape index (κ3) is 10.7. The van der Waals surface area contributed by atoms with Gasteiger partial charge in [-0.15, -0.1) is 0 Å². The van der Waals surface area contributed by atoms with Gasteiger partial charge in [0.1, 0.15) is 44.1 Å². The van der Waals surface area contributed by atoms with E-state index >= 15 is 0 Å². The number of phosphoric acid groups is 2. The summed E-state index contributed by atoms with van der Waals surface area (Å²) in [6, 6.07) is 13.4. The first-order valence-corrected chi connectivity index (χ1v) is 20.3. The Balaban J connectivity index is 0.00000151. The predicted molar refractivity (Wildman–Crippen MR) is 174 cm³/mol. The van der Waals surface area contributed by atoms with Crippen molar-refractivity contribution >= 4 is 27.2 Å². The molecule has 0 heterocycles. The first-order valence-electron chi connectivity index (χ1n) is 17.4. The number of ether oxygens (including phenoxy) is 2. The summed E-state index contributed by atoms with van der Waals surface area (Å²) in [5.74, 6) is 6.18. The summed E-state index contributed by atoms with van der Waals surface area (Å²) in [5.41, 5.74) is 4.01. The van der Waals surface area contributed by atoms with E-state index in [9.17, 15) is 28.7 Å². The standard InChI is InChI=1S/C36H44O10P2.4Na/c37-47(38,39)45-31-5-1-3-25(19-31)35(33-27-11-21-9-22(13-27)14-28(33)12-21)43-7-8-44-36(26-4-2-6-32(20-26)46-48(40,41)42)34-29-15-23-10-24(17-29)18-30(34)16-23;;;;/h1-6,19-24,27-30H,7-18H2,(H2,37,38,39)(H2,40,41,42);;;;/q;4*+1/p-2. The molecule has 8 aliphatic rings. The van der Waals surface area contributed by atoms with Crippen LogP contribution in [0.5, 0.6) is 11.5 Å². The third-order valence-electron chi connectivity index (χ3n) is 11.8. The number of rotatable bonds is 11. The zero-order valence-corrected chi connectivity index (χ0v) is 40.6. The van der Waals surface area contributed by atoms with Gasteiger partial charge in [0, 0.05) is 11.1 Å². The molecule has 10 nitrogen and oxygen atoms in total. The van der Waals surface area contributed by atoms with Gasteiger partial charge >= 0.3 is 126 Å². The van der Waals surface area contributed by atoms with Gasteiger partial charge < -0.3 is 32.9 Å². The minimum atomic E-state index is -5.23. The monoisotopic (exact) mass is 788 g/mol. The van der Waals surface area contributed by atoms with Crippen molar-refractivity contribution in [2.75, 3.05) is 13.2 Å². The zero-order chi connectivity index (χ0) is 33.2. The Morgan fingerprint density at radius 2 is 0.923 bits per heavy atom. The molecule has 2 aromatic carbocycles. The van der Waals surface area contributed by atoms with E-state index in [1.54, 1.807) is 24.3 Å². The molecule has 0 aromatic heterocycles. The molecule has 0 unspecified atom stereocenters. The fourth-order valence-corrected chi connectivity index (χ4v) is 11.5. The normalized spacial score (nSPS) is 29.2. The Labute approximate surface area is 394 Å². The number of phosphoric ester groups is 2. The van der Waals surface area contributed by atoms with Crippen LogP contribution in [0.15, 0.2) is 59.7 Å². The first-order chi connectivity index (χ1) is 22.9. The molecule has 0 radical (unpaired) electrons. The van der Waals surface area contributed by atoms with E-state index in [1.165, 1.54) is 36.1 Å². The van der Waals surface area contributed by atoms with Gasteiger partial charge in [-0.25, -0.2) is 4.57 Å². The molecule has 2 aromatic rings. The molecule has 8 saturated carbocycles. The summed E-state index contributed by atoms with van der Waals surface area (Å²) in [6.07, 6.45) is 11.7. The molecule has 52 heavy (non-hydrogen) atoms. The van der Waals surface area contributed by atoms with E-state index in [0.29, 0.717) is 29.2 Å². The Kier molecular flexibility index (Phi) is 16.8. The predicted octanol–water partition coefficient (Wildman–Crippen LogP) is -5.55. The Morgan fingerprint density at radius 1 is 0.577 bits per heavy atom.